The van der Waals surface area contributed by atoms with E-state index < -0.39 is 20.0 Å². The van der Waals surface area contributed by atoms with Crippen LogP contribution in [0, 0.1) is 5.92 Å². The summed E-state index contributed by atoms with van der Waals surface area (Å²) in [4.78, 5) is 0.204. The number of ether oxygens (including phenoxy) is 1. The Labute approximate surface area is 143 Å². The van der Waals surface area contributed by atoms with Crippen LogP contribution in [-0.2, 0) is 20.0 Å². The number of nitrogens with zero attached hydrogens (tertiary/aromatic N) is 1. The predicted molar refractivity (Wildman–Crippen MR) is 91.6 cm³/mol. The molecule has 0 amide bonds. The summed E-state index contributed by atoms with van der Waals surface area (Å²) >= 11 is 0. The summed E-state index contributed by atoms with van der Waals surface area (Å²) in [6.45, 7) is 4.15. The molecule has 7 nitrogen and oxygen atoms in total. The number of hydrogen-bond donors (Lipinski definition) is 1. The maximum Gasteiger partial charge on any atom is 0.243 e. The van der Waals surface area contributed by atoms with Crippen molar-refractivity contribution in [2.24, 2.45) is 5.92 Å². The first kappa shape index (κ1) is 18.9. The van der Waals surface area contributed by atoms with E-state index >= 15 is 0 Å². The molecular formula is C15H22N2O5S2. The van der Waals surface area contributed by atoms with E-state index in [1.54, 1.807) is 12.1 Å². The zero-order valence-electron chi connectivity index (χ0n) is 13.5. The Morgan fingerprint density at radius 1 is 1.29 bits per heavy atom. The molecule has 0 saturated carbocycles. The van der Waals surface area contributed by atoms with Crippen molar-refractivity contribution in [2.75, 3.05) is 26.7 Å². The van der Waals surface area contributed by atoms with E-state index in [4.69, 9.17) is 4.74 Å². The van der Waals surface area contributed by atoms with Crippen LogP contribution >= 0.6 is 0 Å². The predicted octanol–water partition coefficient (Wildman–Crippen LogP) is 1.16. The Bertz CT molecular complexity index is 773. The Morgan fingerprint density at radius 2 is 1.96 bits per heavy atom. The van der Waals surface area contributed by atoms with Gasteiger partial charge >= 0.3 is 0 Å². The minimum absolute atomic E-state index is 0.0681. The molecule has 1 heterocycles. The van der Waals surface area contributed by atoms with E-state index in [0.29, 0.717) is 18.7 Å². The topological polar surface area (TPSA) is 92.8 Å². The minimum atomic E-state index is -3.60. The molecule has 0 radical (unpaired) electrons. The molecule has 1 aromatic rings. The van der Waals surface area contributed by atoms with Crippen molar-refractivity contribution in [3.8, 4) is 5.75 Å². The Hall–Kier alpha value is -1.42. The van der Waals surface area contributed by atoms with Gasteiger partial charge in [0.05, 0.1) is 12.0 Å². The summed E-state index contributed by atoms with van der Waals surface area (Å²) in [5.41, 5.74) is 0. The summed E-state index contributed by atoms with van der Waals surface area (Å²) < 4.78 is 57.2. The van der Waals surface area contributed by atoms with Gasteiger partial charge in [0.15, 0.2) is 0 Å². The summed E-state index contributed by atoms with van der Waals surface area (Å²) in [6.07, 6.45) is 1.46. The van der Waals surface area contributed by atoms with Crippen LogP contribution in [0.1, 0.15) is 12.8 Å². The van der Waals surface area contributed by atoms with Gasteiger partial charge in [0.25, 0.3) is 0 Å². The molecular weight excluding hydrogens is 352 g/mol. The van der Waals surface area contributed by atoms with Crippen LogP contribution < -0.4 is 9.46 Å². The van der Waals surface area contributed by atoms with Crippen LogP contribution in [0.15, 0.2) is 41.1 Å². The van der Waals surface area contributed by atoms with Crippen LogP contribution in [0.2, 0.25) is 0 Å². The van der Waals surface area contributed by atoms with Crippen LogP contribution in [0.5, 0.6) is 5.75 Å². The number of benzene rings is 1. The van der Waals surface area contributed by atoms with Crippen molar-refractivity contribution in [3.05, 3.63) is 36.3 Å². The fraction of sp³-hybridized carbons (Fsp3) is 0.467. The van der Waals surface area contributed by atoms with Gasteiger partial charge in [-0.15, -0.1) is 0 Å². The van der Waals surface area contributed by atoms with Crippen molar-refractivity contribution >= 4 is 20.0 Å². The standard InChI is InChI=1S/C15H22N2O5S2/c1-3-23(18,19)16-11-13-5-4-10-17(12-13)24(20,21)15-8-6-14(22-2)7-9-15/h3,6-9,13,16H,1,4-5,10-12H2,2H3/t13-/m1/s1. The maximum atomic E-state index is 12.7. The minimum Gasteiger partial charge on any atom is -0.497 e. The lowest BCUT2D eigenvalue weighted by Crippen LogP contribution is -2.43. The molecule has 1 aliphatic rings. The third kappa shape index (κ3) is 4.56. The second-order valence-corrected chi connectivity index (χ2v) is 9.26. The highest BCUT2D eigenvalue weighted by Crippen LogP contribution is 2.24. The SMILES string of the molecule is C=CS(=O)(=O)NC[C@H]1CCCN(S(=O)(=O)c2ccc(OC)cc2)C1. The second-order valence-electron chi connectivity index (χ2n) is 5.61. The molecule has 24 heavy (non-hydrogen) atoms. The molecule has 0 spiro atoms. The second kappa shape index (κ2) is 7.64. The average Bonchev–Trinajstić information content (AvgIpc) is 2.60. The number of hydrogen-bond acceptors (Lipinski definition) is 5. The molecule has 2 rings (SSSR count). The lowest BCUT2D eigenvalue weighted by Gasteiger charge is -2.31. The van der Waals surface area contributed by atoms with Gasteiger partial charge < -0.3 is 4.74 Å². The lowest BCUT2D eigenvalue weighted by molar-refractivity contribution is 0.267. The molecule has 0 bridgehead atoms. The van der Waals surface area contributed by atoms with Crippen LogP contribution in [0.4, 0.5) is 0 Å². The Balaban J connectivity index is 2.08. The fourth-order valence-corrected chi connectivity index (χ4v) is 4.74. The van der Waals surface area contributed by atoms with Crippen LogP contribution in [-0.4, -0.2) is 47.9 Å². The molecule has 0 aromatic heterocycles. The normalized spacial score (nSPS) is 19.8. The molecule has 1 aromatic carbocycles. The molecule has 1 atom stereocenters. The zero-order valence-corrected chi connectivity index (χ0v) is 15.1. The van der Waals surface area contributed by atoms with Crippen molar-refractivity contribution in [1.29, 1.82) is 0 Å². The molecule has 0 unspecified atom stereocenters. The first-order valence-electron chi connectivity index (χ1n) is 7.55. The Morgan fingerprint density at radius 3 is 2.54 bits per heavy atom. The number of rotatable bonds is 7. The van der Waals surface area contributed by atoms with Crippen molar-refractivity contribution in [3.63, 3.8) is 0 Å². The largest absolute Gasteiger partial charge is 0.497 e. The first-order valence-corrected chi connectivity index (χ1v) is 10.5. The number of methoxy groups -OCH3 is 1. The molecule has 0 aliphatic carbocycles. The first-order chi connectivity index (χ1) is 11.3. The summed E-state index contributed by atoms with van der Waals surface area (Å²) in [6, 6.07) is 6.23. The Kier molecular flexibility index (Phi) is 6.02. The van der Waals surface area contributed by atoms with Crippen molar-refractivity contribution < 1.29 is 21.6 Å². The van der Waals surface area contributed by atoms with Gasteiger partial charge in [-0.25, -0.2) is 21.6 Å². The lowest BCUT2D eigenvalue weighted by atomic mass is 10.0. The van der Waals surface area contributed by atoms with Crippen LogP contribution in [0.3, 0.4) is 0 Å². The van der Waals surface area contributed by atoms with Gasteiger partial charge in [0.1, 0.15) is 5.75 Å². The molecule has 1 N–H and O–H groups in total. The highest BCUT2D eigenvalue weighted by molar-refractivity contribution is 7.92. The molecule has 1 fully saturated rings. The monoisotopic (exact) mass is 374 g/mol. The van der Waals surface area contributed by atoms with Gasteiger partial charge in [-0.3, -0.25) is 0 Å². The quantitative estimate of drug-likeness (QED) is 0.773. The summed E-state index contributed by atoms with van der Waals surface area (Å²) in [5, 5.41) is 0.849. The zero-order chi connectivity index (χ0) is 17.8. The summed E-state index contributed by atoms with van der Waals surface area (Å²) in [5.74, 6) is 0.519. The van der Waals surface area contributed by atoms with E-state index in [0.717, 1.165) is 11.8 Å². The highest BCUT2D eigenvalue weighted by Gasteiger charge is 2.30. The molecule has 9 heteroatoms. The smallest absolute Gasteiger partial charge is 0.243 e. The van der Waals surface area contributed by atoms with Crippen LogP contribution in [0.25, 0.3) is 0 Å². The fourth-order valence-electron chi connectivity index (χ4n) is 2.60. The molecule has 134 valence electrons. The van der Waals surface area contributed by atoms with Gasteiger partial charge in [0.2, 0.25) is 20.0 Å². The third-order valence-corrected chi connectivity index (χ3v) is 6.86. The number of sulfonamides is 2. The van der Waals surface area contributed by atoms with E-state index in [-0.39, 0.29) is 23.9 Å². The van der Waals surface area contributed by atoms with Gasteiger partial charge in [-0.1, -0.05) is 6.58 Å². The van der Waals surface area contributed by atoms with E-state index in [1.165, 1.54) is 23.5 Å². The molecule has 1 saturated heterocycles. The van der Waals surface area contributed by atoms with Gasteiger partial charge in [-0.05, 0) is 43.0 Å². The number of piperidine rings is 1. The van der Waals surface area contributed by atoms with Gasteiger partial charge in [0, 0.05) is 25.0 Å². The summed E-state index contributed by atoms with van der Waals surface area (Å²) in [7, 11) is -5.58. The maximum absolute atomic E-state index is 12.7. The van der Waals surface area contributed by atoms with Crippen molar-refractivity contribution in [2.45, 2.75) is 17.7 Å². The number of nitrogens with one attached hydrogen (secondary N) is 1. The van der Waals surface area contributed by atoms with E-state index in [1.807, 2.05) is 0 Å². The average molecular weight is 374 g/mol. The third-order valence-electron chi connectivity index (χ3n) is 3.97. The highest BCUT2D eigenvalue weighted by atomic mass is 32.2. The van der Waals surface area contributed by atoms with E-state index in [2.05, 4.69) is 11.3 Å². The van der Waals surface area contributed by atoms with E-state index in [9.17, 15) is 16.8 Å². The van der Waals surface area contributed by atoms with Crippen molar-refractivity contribution in [1.82, 2.24) is 9.03 Å². The van der Waals surface area contributed by atoms with Gasteiger partial charge in [-0.2, -0.15) is 4.31 Å². The molecule has 1 aliphatic heterocycles.